The third kappa shape index (κ3) is 3.12. The number of nitrogens with zero attached hydrogens (tertiary/aromatic N) is 2. The number of rotatable bonds is 4. The van der Waals surface area contributed by atoms with E-state index in [1.807, 2.05) is 12.1 Å². The number of benzene rings is 1. The molecule has 1 saturated carbocycles. The molecule has 1 aliphatic rings. The summed E-state index contributed by atoms with van der Waals surface area (Å²) < 4.78 is 0. The number of nitriles is 1. The van der Waals surface area contributed by atoms with Crippen molar-refractivity contribution >= 4 is 5.91 Å². The molecule has 0 aromatic heterocycles. The number of aliphatic hydroxyl groups excluding tert-OH is 1. The van der Waals surface area contributed by atoms with E-state index in [0.717, 1.165) is 25.7 Å². The smallest absolute Gasteiger partial charge is 0.257 e. The maximum absolute atomic E-state index is 12.3. The molecule has 0 radical (unpaired) electrons. The zero-order valence-electron chi connectivity index (χ0n) is 10.8. The van der Waals surface area contributed by atoms with Gasteiger partial charge in [0.1, 0.15) is 6.54 Å². The summed E-state index contributed by atoms with van der Waals surface area (Å²) in [5.74, 6) is -0.361. The first-order valence-corrected chi connectivity index (χ1v) is 6.64. The first-order chi connectivity index (χ1) is 9.24. The van der Waals surface area contributed by atoms with Gasteiger partial charge in [0.2, 0.25) is 0 Å². The van der Waals surface area contributed by atoms with E-state index in [1.165, 1.54) is 4.90 Å². The Balaban J connectivity index is 2.13. The highest BCUT2D eigenvalue weighted by Crippen LogP contribution is 2.26. The number of hydrogen-bond acceptors (Lipinski definition) is 3. The molecule has 1 aromatic carbocycles. The number of carbonyl (C=O) groups is 1. The minimum atomic E-state index is -1.17. The fourth-order valence-electron chi connectivity index (χ4n) is 2.61. The second-order valence-electron chi connectivity index (χ2n) is 4.88. The van der Waals surface area contributed by atoms with Crippen LogP contribution in [0.2, 0.25) is 0 Å². The highest BCUT2D eigenvalue weighted by atomic mass is 16.3. The molecule has 1 aromatic rings. The molecule has 19 heavy (non-hydrogen) atoms. The Morgan fingerprint density at radius 3 is 2.58 bits per heavy atom. The van der Waals surface area contributed by atoms with Gasteiger partial charge in [0, 0.05) is 6.04 Å². The van der Waals surface area contributed by atoms with Gasteiger partial charge in [-0.3, -0.25) is 4.79 Å². The Morgan fingerprint density at radius 1 is 1.37 bits per heavy atom. The maximum Gasteiger partial charge on any atom is 0.257 e. The van der Waals surface area contributed by atoms with Crippen molar-refractivity contribution in [1.82, 2.24) is 4.90 Å². The molecule has 1 unspecified atom stereocenters. The van der Waals surface area contributed by atoms with E-state index in [0.29, 0.717) is 5.56 Å². The Hall–Kier alpha value is -1.86. The Bertz CT molecular complexity index is 461. The zero-order valence-corrected chi connectivity index (χ0v) is 10.8. The SMILES string of the molecule is N#CCN(C(=O)C(O)c1ccccc1)C1CCCC1. The summed E-state index contributed by atoms with van der Waals surface area (Å²) in [6.45, 7) is 0.0490. The number of aliphatic hydroxyl groups is 1. The Morgan fingerprint density at radius 2 is 2.00 bits per heavy atom. The summed E-state index contributed by atoms with van der Waals surface area (Å²) >= 11 is 0. The minimum Gasteiger partial charge on any atom is -0.378 e. The van der Waals surface area contributed by atoms with Crippen LogP contribution in [-0.2, 0) is 4.79 Å². The van der Waals surface area contributed by atoms with Crippen LogP contribution in [0.1, 0.15) is 37.4 Å². The first kappa shape index (κ1) is 13.6. The highest BCUT2D eigenvalue weighted by Gasteiger charge is 2.30. The van der Waals surface area contributed by atoms with Gasteiger partial charge in [-0.15, -0.1) is 0 Å². The van der Waals surface area contributed by atoms with Crippen LogP contribution < -0.4 is 0 Å². The lowest BCUT2D eigenvalue weighted by Gasteiger charge is -2.28. The van der Waals surface area contributed by atoms with Gasteiger partial charge < -0.3 is 10.0 Å². The van der Waals surface area contributed by atoms with Crippen molar-refractivity contribution in [3.05, 3.63) is 35.9 Å². The molecule has 4 heteroatoms. The molecule has 0 spiro atoms. The molecule has 1 amide bonds. The van der Waals surface area contributed by atoms with E-state index in [2.05, 4.69) is 0 Å². The number of carbonyl (C=O) groups excluding carboxylic acids is 1. The molecular weight excluding hydrogens is 240 g/mol. The molecular formula is C15H18N2O2. The predicted molar refractivity (Wildman–Crippen MR) is 71.0 cm³/mol. The molecule has 0 bridgehead atoms. The van der Waals surface area contributed by atoms with Gasteiger partial charge in [-0.1, -0.05) is 43.2 Å². The van der Waals surface area contributed by atoms with Gasteiger partial charge in [-0.25, -0.2) is 0 Å². The zero-order chi connectivity index (χ0) is 13.7. The third-order valence-corrected chi connectivity index (χ3v) is 3.64. The molecule has 4 nitrogen and oxygen atoms in total. The molecule has 0 saturated heterocycles. The summed E-state index contributed by atoms with van der Waals surface area (Å²) in [7, 11) is 0. The summed E-state index contributed by atoms with van der Waals surface area (Å²) in [4.78, 5) is 13.9. The summed E-state index contributed by atoms with van der Waals surface area (Å²) in [5.41, 5.74) is 0.577. The van der Waals surface area contributed by atoms with Crippen LogP contribution in [0.25, 0.3) is 0 Å². The van der Waals surface area contributed by atoms with E-state index in [-0.39, 0.29) is 18.5 Å². The van der Waals surface area contributed by atoms with Crippen molar-refractivity contribution in [2.45, 2.75) is 37.8 Å². The van der Waals surface area contributed by atoms with Gasteiger partial charge in [-0.05, 0) is 18.4 Å². The summed E-state index contributed by atoms with van der Waals surface area (Å²) in [5, 5.41) is 19.0. The van der Waals surface area contributed by atoms with Crippen LogP contribution in [0.4, 0.5) is 0 Å². The lowest BCUT2D eigenvalue weighted by molar-refractivity contribution is -0.142. The van der Waals surface area contributed by atoms with E-state index < -0.39 is 6.10 Å². The Kier molecular flexibility index (Phi) is 4.53. The van der Waals surface area contributed by atoms with E-state index in [4.69, 9.17) is 5.26 Å². The molecule has 1 atom stereocenters. The van der Waals surface area contributed by atoms with E-state index >= 15 is 0 Å². The van der Waals surface area contributed by atoms with Gasteiger partial charge in [0.05, 0.1) is 6.07 Å². The fourth-order valence-corrected chi connectivity index (χ4v) is 2.61. The third-order valence-electron chi connectivity index (χ3n) is 3.64. The number of hydrogen-bond donors (Lipinski definition) is 1. The molecule has 1 aliphatic carbocycles. The lowest BCUT2D eigenvalue weighted by Crippen LogP contribution is -2.42. The monoisotopic (exact) mass is 258 g/mol. The standard InChI is InChI=1S/C15H18N2O2/c16-10-11-17(13-8-4-5-9-13)15(19)14(18)12-6-2-1-3-7-12/h1-3,6-7,13-14,18H,4-5,8-9,11H2. The van der Waals surface area contributed by atoms with E-state index in [1.54, 1.807) is 24.3 Å². The molecule has 1 fully saturated rings. The van der Waals surface area contributed by atoms with Crippen LogP contribution >= 0.6 is 0 Å². The van der Waals surface area contributed by atoms with Crippen LogP contribution in [0, 0.1) is 11.3 Å². The van der Waals surface area contributed by atoms with Crippen LogP contribution in [0.15, 0.2) is 30.3 Å². The average molecular weight is 258 g/mol. The fraction of sp³-hybridized carbons (Fsp3) is 0.467. The Labute approximate surface area is 113 Å². The molecule has 0 heterocycles. The van der Waals surface area contributed by atoms with Crippen molar-refractivity contribution in [2.24, 2.45) is 0 Å². The molecule has 1 N–H and O–H groups in total. The van der Waals surface area contributed by atoms with Gasteiger partial charge in [0.15, 0.2) is 6.10 Å². The normalized spacial score (nSPS) is 16.8. The maximum atomic E-state index is 12.3. The van der Waals surface area contributed by atoms with Crippen LogP contribution in [-0.4, -0.2) is 28.5 Å². The first-order valence-electron chi connectivity index (χ1n) is 6.64. The van der Waals surface area contributed by atoms with Crippen LogP contribution in [0.3, 0.4) is 0 Å². The van der Waals surface area contributed by atoms with Gasteiger partial charge >= 0.3 is 0 Å². The lowest BCUT2D eigenvalue weighted by atomic mass is 10.1. The molecule has 100 valence electrons. The number of amides is 1. The van der Waals surface area contributed by atoms with Crippen molar-refractivity contribution in [1.29, 1.82) is 5.26 Å². The van der Waals surface area contributed by atoms with Crippen molar-refractivity contribution in [2.75, 3.05) is 6.54 Å². The second-order valence-corrected chi connectivity index (χ2v) is 4.88. The minimum absolute atomic E-state index is 0.0490. The van der Waals surface area contributed by atoms with Gasteiger partial charge in [-0.2, -0.15) is 5.26 Å². The molecule has 2 rings (SSSR count). The summed E-state index contributed by atoms with van der Waals surface area (Å²) in [6, 6.07) is 11.0. The highest BCUT2D eigenvalue weighted by molar-refractivity contribution is 5.82. The second kappa shape index (κ2) is 6.35. The van der Waals surface area contributed by atoms with Crippen molar-refractivity contribution in [3.63, 3.8) is 0 Å². The van der Waals surface area contributed by atoms with Crippen molar-refractivity contribution < 1.29 is 9.90 Å². The van der Waals surface area contributed by atoms with Gasteiger partial charge in [0.25, 0.3) is 5.91 Å². The largest absolute Gasteiger partial charge is 0.378 e. The predicted octanol–water partition coefficient (Wildman–Crippen LogP) is 2.01. The van der Waals surface area contributed by atoms with Crippen molar-refractivity contribution in [3.8, 4) is 6.07 Å². The van der Waals surface area contributed by atoms with E-state index in [9.17, 15) is 9.90 Å². The van der Waals surface area contributed by atoms with Crippen LogP contribution in [0.5, 0.6) is 0 Å². The topological polar surface area (TPSA) is 64.3 Å². The molecule has 0 aliphatic heterocycles. The summed E-state index contributed by atoms with van der Waals surface area (Å²) in [6.07, 6.45) is 2.85. The average Bonchev–Trinajstić information content (AvgIpc) is 2.98. The quantitative estimate of drug-likeness (QED) is 0.840.